The van der Waals surface area contributed by atoms with Crippen LogP contribution in [0.1, 0.15) is 17.5 Å². The van der Waals surface area contributed by atoms with Gasteiger partial charge < -0.3 is 14.6 Å². The van der Waals surface area contributed by atoms with Crippen LogP contribution in [0.15, 0.2) is 22.6 Å². The summed E-state index contributed by atoms with van der Waals surface area (Å²) in [4.78, 5) is 11.0. The molecule has 2 aromatic rings. The van der Waals surface area contributed by atoms with Gasteiger partial charge in [-0.3, -0.25) is 4.79 Å². The smallest absolute Gasteiger partial charge is 0.212 e. The maximum absolute atomic E-state index is 11.0. The number of benzene rings is 1. The van der Waals surface area contributed by atoms with Crippen LogP contribution in [0.3, 0.4) is 0 Å². The van der Waals surface area contributed by atoms with Gasteiger partial charge in [-0.15, -0.1) is 0 Å². The van der Waals surface area contributed by atoms with Crippen molar-refractivity contribution in [2.75, 3.05) is 0 Å². The van der Waals surface area contributed by atoms with Crippen LogP contribution in [0.4, 0.5) is 0 Å². The molecule has 2 N–H and O–H groups in total. The Bertz CT molecular complexity index is 510. The summed E-state index contributed by atoms with van der Waals surface area (Å²) in [7, 11) is 0. The predicted octanol–water partition coefficient (Wildman–Crippen LogP) is 2.05. The highest BCUT2D eigenvalue weighted by atomic mass is 16.4. The molecule has 0 amide bonds. The van der Waals surface area contributed by atoms with Gasteiger partial charge in [0.25, 0.3) is 0 Å². The van der Waals surface area contributed by atoms with Gasteiger partial charge in [0.05, 0.1) is 5.39 Å². The standard InChI is InChI=1S/C10H8O4/c1-5(11)10-9(13)7-3-2-6(12)4-8(7)14-10/h2-4,12-13H,1H3. The Hall–Kier alpha value is -1.97. The van der Waals surface area contributed by atoms with Crippen molar-refractivity contribution in [1.29, 1.82) is 0 Å². The van der Waals surface area contributed by atoms with Crippen molar-refractivity contribution in [2.45, 2.75) is 6.92 Å². The third-order valence-electron chi connectivity index (χ3n) is 1.97. The van der Waals surface area contributed by atoms with Gasteiger partial charge in [-0.1, -0.05) is 0 Å². The molecule has 4 heteroatoms. The molecule has 4 nitrogen and oxygen atoms in total. The van der Waals surface area contributed by atoms with E-state index in [1.54, 1.807) is 0 Å². The monoisotopic (exact) mass is 192 g/mol. The van der Waals surface area contributed by atoms with Crippen LogP contribution in [0.25, 0.3) is 11.0 Å². The van der Waals surface area contributed by atoms with Crippen molar-refractivity contribution >= 4 is 16.8 Å². The van der Waals surface area contributed by atoms with Gasteiger partial charge in [0.15, 0.2) is 11.5 Å². The largest absolute Gasteiger partial charge is 0.508 e. The van der Waals surface area contributed by atoms with Crippen LogP contribution in [0.5, 0.6) is 11.5 Å². The summed E-state index contributed by atoms with van der Waals surface area (Å²) in [5.74, 6) is -0.572. The van der Waals surface area contributed by atoms with Crippen molar-refractivity contribution in [1.82, 2.24) is 0 Å². The predicted molar refractivity (Wildman–Crippen MR) is 49.5 cm³/mol. The summed E-state index contributed by atoms with van der Waals surface area (Å²) in [6.07, 6.45) is 0. The number of carbonyl (C=O) groups is 1. The number of phenols is 1. The molecule has 0 fully saturated rings. The molecule has 1 heterocycles. The first kappa shape index (κ1) is 8.62. The minimum Gasteiger partial charge on any atom is -0.508 e. The van der Waals surface area contributed by atoms with E-state index in [0.717, 1.165) is 0 Å². The van der Waals surface area contributed by atoms with Gasteiger partial charge in [-0.2, -0.15) is 0 Å². The van der Waals surface area contributed by atoms with E-state index in [9.17, 15) is 9.90 Å². The Labute approximate surface area is 79.4 Å². The molecule has 0 bridgehead atoms. The molecule has 1 aromatic carbocycles. The number of rotatable bonds is 1. The lowest BCUT2D eigenvalue weighted by molar-refractivity contribution is 0.0985. The van der Waals surface area contributed by atoms with E-state index < -0.39 is 0 Å². The first-order chi connectivity index (χ1) is 6.59. The zero-order valence-corrected chi connectivity index (χ0v) is 7.44. The fourth-order valence-corrected chi connectivity index (χ4v) is 1.31. The Morgan fingerprint density at radius 1 is 1.36 bits per heavy atom. The molecule has 0 atom stereocenters. The molecule has 0 aliphatic heterocycles. The maximum atomic E-state index is 11.0. The number of Topliss-reactive ketones (excluding diaryl/α,β-unsaturated/α-hetero) is 1. The highest BCUT2D eigenvalue weighted by Gasteiger charge is 2.16. The van der Waals surface area contributed by atoms with Crippen LogP contribution in [-0.2, 0) is 0 Å². The average molecular weight is 192 g/mol. The number of hydrogen-bond donors (Lipinski definition) is 2. The lowest BCUT2D eigenvalue weighted by atomic mass is 10.2. The molecule has 0 spiro atoms. The molecular formula is C10H8O4. The number of phenolic OH excluding ortho intramolecular Hbond substituents is 1. The van der Waals surface area contributed by atoms with Crippen molar-refractivity contribution in [3.8, 4) is 11.5 Å². The van der Waals surface area contributed by atoms with E-state index in [2.05, 4.69) is 0 Å². The van der Waals surface area contributed by atoms with E-state index in [1.807, 2.05) is 0 Å². The second-order valence-electron chi connectivity index (χ2n) is 3.02. The summed E-state index contributed by atoms with van der Waals surface area (Å²) in [6, 6.07) is 4.26. The molecule has 0 saturated heterocycles. The minimum absolute atomic E-state index is 0.0290. The second kappa shape index (κ2) is 2.77. The fourth-order valence-electron chi connectivity index (χ4n) is 1.31. The van der Waals surface area contributed by atoms with Gasteiger partial charge in [-0.05, 0) is 12.1 Å². The lowest BCUT2D eigenvalue weighted by Gasteiger charge is -1.89. The summed E-state index contributed by atoms with van der Waals surface area (Å²) in [6.45, 7) is 1.30. The molecule has 2 rings (SSSR count). The molecule has 0 saturated carbocycles. The third-order valence-corrected chi connectivity index (χ3v) is 1.97. The summed E-state index contributed by atoms with van der Waals surface area (Å²) in [5.41, 5.74) is 0.299. The van der Waals surface area contributed by atoms with Gasteiger partial charge in [0.1, 0.15) is 11.3 Å². The Balaban J connectivity index is 2.79. The molecule has 0 unspecified atom stereocenters. The van der Waals surface area contributed by atoms with Gasteiger partial charge in [0.2, 0.25) is 5.76 Å². The van der Waals surface area contributed by atoms with E-state index in [4.69, 9.17) is 9.52 Å². The first-order valence-corrected chi connectivity index (χ1v) is 4.05. The Morgan fingerprint density at radius 2 is 2.07 bits per heavy atom. The number of aromatic hydroxyl groups is 2. The summed E-state index contributed by atoms with van der Waals surface area (Å²) in [5, 5.41) is 19.1. The SMILES string of the molecule is CC(=O)c1oc2cc(O)ccc2c1O. The van der Waals surface area contributed by atoms with Crippen LogP contribution in [0.2, 0.25) is 0 Å². The van der Waals surface area contributed by atoms with E-state index in [1.165, 1.54) is 25.1 Å². The van der Waals surface area contributed by atoms with Gasteiger partial charge in [-0.25, -0.2) is 0 Å². The first-order valence-electron chi connectivity index (χ1n) is 4.05. The number of ketones is 1. The van der Waals surface area contributed by atoms with Gasteiger partial charge >= 0.3 is 0 Å². The molecule has 72 valence electrons. The van der Waals surface area contributed by atoms with E-state index in [-0.39, 0.29) is 23.0 Å². The van der Waals surface area contributed by atoms with Crippen LogP contribution in [0, 0.1) is 0 Å². The quantitative estimate of drug-likeness (QED) is 0.678. The molecule has 0 aliphatic carbocycles. The maximum Gasteiger partial charge on any atom is 0.212 e. The lowest BCUT2D eigenvalue weighted by Crippen LogP contribution is -1.87. The van der Waals surface area contributed by atoms with E-state index in [0.29, 0.717) is 11.0 Å². The molecule has 0 aliphatic rings. The highest BCUT2D eigenvalue weighted by molar-refractivity contribution is 6.01. The summed E-state index contributed by atoms with van der Waals surface area (Å²) >= 11 is 0. The van der Waals surface area contributed by atoms with Crippen molar-refractivity contribution < 1.29 is 19.4 Å². The van der Waals surface area contributed by atoms with Crippen molar-refractivity contribution in [2.24, 2.45) is 0 Å². The number of fused-ring (bicyclic) bond motifs is 1. The Kier molecular flexibility index (Phi) is 1.70. The molecule has 1 aromatic heterocycles. The highest BCUT2D eigenvalue weighted by Crippen LogP contribution is 2.33. The summed E-state index contributed by atoms with van der Waals surface area (Å²) < 4.78 is 5.08. The van der Waals surface area contributed by atoms with Gasteiger partial charge in [0, 0.05) is 13.0 Å². The molecule has 0 radical (unpaired) electrons. The van der Waals surface area contributed by atoms with Crippen molar-refractivity contribution in [3.05, 3.63) is 24.0 Å². The zero-order valence-electron chi connectivity index (χ0n) is 7.44. The molecule has 14 heavy (non-hydrogen) atoms. The van der Waals surface area contributed by atoms with Crippen LogP contribution in [-0.4, -0.2) is 16.0 Å². The molecular weight excluding hydrogens is 184 g/mol. The third kappa shape index (κ3) is 1.12. The zero-order chi connectivity index (χ0) is 10.3. The Morgan fingerprint density at radius 3 is 2.71 bits per heavy atom. The van der Waals surface area contributed by atoms with E-state index >= 15 is 0 Å². The average Bonchev–Trinajstić information content (AvgIpc) is 2.43. The van der Waals surface area contributed by atoms with Crippen molar-refractivity contribution in [3.63, 3.8) is 0 Å². The number of furan rings is 1. The number of hydrogen-bond acceptors (Lipinski definition) is 4. The topological polar surface area (TPSA) is 70.7 Å². The second-order valence-corrected chi connectivity index (χ2v) is 3.02. The van der Waals surface area contributed by atoms with Crippen LogP contribution < -0.4 is 0 Å². The number of carbonyl (C=O) groups excluding carboxylic acids is 1. The normalized spacial score (nSPS) is 10.6. The minimum atomic E-state index is -0.349. The fraction of sp³-hybridized carbons (Fsp3) is 0.100. The van der Waals surface area contributed by atoms with Crippen LogP contribution >= 0.6 is 0 Å².